The van der Waals surface area contributed by atoms with Gasteiger partial charge in [0.05, 0.1) is 25.1 Å². The second-order valence-corrected chi connectivity index (χ2v) is 15.5. The summed E-state index contributed by atoms with van der Waals surface area (Å²) < 4.78 is 34.9. The molecule has 4 heterocycles. The van der Waals surface area contributed by atoms with Gasteiger partial charge in [-0.25, -0.2) is 9.19 Å². The van der Waals surface area contributed by atoms with Gasteiger partial charge in [0.15, 0.2) is 17.9 Å². The molecule has 45 heavy (non-hydrogen) atoms. The molecule has 1 aromatic carbocycles. The Balaban J connectivity index is 1.36. The predicted octanol–water partition coefficient (Wildman–Crippen LogP) is 6.68. The summed E-state index contributed by atoms with van der Waals surface area (Å²) in [4.78, 5) is 20.6. The van der Waals surface area contributed by atoms with Gasteiger partial charge in [0.2, 0.25) is 0 Å². The van der Waals surface area contributed by atoms with E-state index in [0.717, 1.165) is 76.1 Å². The number of rotatable bonds is 4. The molecule has 1 N–H and O–H groups in total. The number of aromatic nitrogens is 1. The minimum atomic E-state index is -1.53. The molecule has 4 aliphatic rings. The van der Waals surface area contributed by atoms with Gasteiger partial charge in [-0.05, 0) is 98.6 Å². The number of nitrogens with one attached hydrogen (secondary N) is 1. The number of nitrogens with zero attached hydrogens (tertiary/aromatic N) is 2. The van der Waals surface area contributed by atoms with Crippen molar-refractivity contribution in [1.82, 2.24) is 9.71 Å². The van der Waals surface area contributed by atoms with E-state index in [2.05, 4.69) is 35.6 Å². The molecule has 3 aliphatic heterocycles. The normalized spacial score (nSPS) is 31.6. The maximum atomic E-state index is 13.4. The molecule has 2 fully saturated rings. The smallest absolute Gasteiger partial charge is 0.281 e. The van der Waals surface area contributed by atoms with Crippen LogP contribution < -0.4 is 14.4 Å². The van der Waals surface area contributed by atoms with Gasteiger partial charge in [-0.1, -0.05) is 44.4 Å². The summed E-state index contributed by atoms with van der Waals surface area (Å²) in [6, 6.07) is 9.75. The zero-order chi connectivity index (χ0) is 31.5. The number of hydrogen-bond donors (Lipinski definition) is 1. The Kier molecular flexibility index (Phi) is 10.7. The maximum absolute atomic E-state index is 13.4. The molecule has 2 aromatic rings. The lowest BCUT2D eigenvalue weighted by Gasteiger charge is -2.47. The molecular formula is C35H48ClN3O5S. The Morgan fingerprint density at radius 1 is 1.02 bits per heavy atom. The Hall–Kier alpha value is -2.20. The fourth-order valence-corrected chi connectivity index (χ4v) is 8.86. The molecule has 1 amide bonds. The first-order valence-electron chi connectivity index (χ1n) is 16.9. The van der Waals surface area contributed by atoms with Gasteiger partial charge in [0.1, 0.15) is 16.7 Å². The number of benzene rings is 1. The summed E-state index contributed by atoms with van der Waals surface area (Å²) in [5.41, 5.74) is 2.77. The quantitative estimate of drug-likeness (QED) is 0.392. The van der Waals surface area contributed by atoms with Crippen LogP contribution >= 0.6 is 11.6 Å². The van der Waals surface area contributed by atoms with E-state index >= 15 is 0 Å². The number of pyridine rings is 1. The van der Waals surface area contributed by atoms with Crippen molar-refractivity contribution in [3.8, 4) is 5.75 Å². The molecule has 1 aromatic heterocycles. The minimum Gasteiger partial charge on any atom is -0.489 e. The lowest BCUT2D eigenvalue weighted by Crippen LogP contribution is -2.47. The van der Waals surface area contributed by atoms with E-state index < -0.39 is 16.9 Å². The van der Waals surface area contributed by atoms with Crippen LogP contribution in [0.4, 0.5) is 5.82 Å². The minimum absolute atomic E-state index is 0.107. The number of amides is 1. The van der Waals surface area contributed by atoms with Gasteiger partial charge in [-0.15, -0.1) is 0 Å². The molecular weight excluding hydrogens is 610 g/mol. The first-order chi connectivity index (χ1) is 21.8. The van der Waals surface area contributed by atoms with Gasteiger partial charge < -0.3 is 19.1 Å². The lowest BCUT2D eigenvalue weighted by molar-refractivity contribution is -0.224. The summed E-state index contributed by atoms with van der Waals surface area (Å²) in [5.74, 6) is 2.48. The van der Waals surface area contributed by atoms with Crippen LogP contribution in [0.15, 0.2) is 30.3 Å². The summed E-state index contributed by atoms with van der Waals surface area (Å²) in [6.45, 7) is 9.81. The number of carbonyl (C=O) groups excluding carboxylic acids is 1. The molecule has 1 aliphatic carbocycles. The van der Waals surface area contributed by atoms with Crippen molar-refractivity contribution in [3.05, 3.63) is 52.2 Å². The van der Waals surface area contributed by atoms with Gasteiger partial charge in [-0.2, -0.15) is 0 Å². The Morgan fingerprint density at radius 3 is 2.60 bits per heavy atom. The Labute approximate surface area is 275 Å². The molecule has 10 heteroatoms. The third-order valence-electron chi connectivity index (χ3n) is 10.5. The molecule has 246 valence electrons. The number of hydrogen-bond acceptors (Lipinski definition) is 7. The summed E-state index contributed by atoms with van der Waals surface area (Å²) in [6.07, 6.45) is 8.00. The van der Waals surface area contributed by atoms with Crippen LogP contribution in [0.5, 0.6) is 5.75 Å². The fourth-order valence-electron chi connectivity index (χ4n) is 7.64. The molecule has 8 nitrogen and oxygen atoms in total. The first-order valence-corrected chi connectivity index (χ1v) is 18.5. The molecule has 1 saturated carbocycles. The van der Waals surface area contributed by atoms with Gasteiger partial charge >= 0.3 is 0 Å². The monoisotopic (exact) mass is 657 g/mol. The molecule has 6 rings (SSSR count). The molecule has 0 spiro atoms. The number of ether oxygens (including phenoxy) is 3. The predicted molar refractivity (Wildman–Crippen MR) is 178 cm³/mol. The third kappa shape index (κ3) is 7.37. The molecule has 7 unspecified atom stereocenters. The summed E-state index contributed by atoms with van der Waals surface area (Å²) in [5, 5.41) is 0.566. The lowest BCUT2D eigenvalue weighted by atomic mass is 9.65. The van der Waals surface area contributed by atoms with Crippen LogP contribution in [0.25, 0.3) is 0 Å². The van der Waals surface area contributed by atoms with E-state index in [1.54, 1.807) is 6.07 Å². The third-order valence-corrected chi connectivity index (χ3v) is 12.3. The van der Waals surface area contributed by atoms with Crippen molar-refractivity contribution in [2.75, 3.05) is 37.8 Å². The van der Waals surface area contributed by atoms with Crippen molar-refractivity contribution in [2.45, 2.75) is 89.6 Å². The van der Waals surface area contributed by atoms with Crippen LogP contribution in [0, 0.1) is 23.7 Å². The van der Waals surface area contributed by atoms with Gasteiger partial charge in [0, 0.05) is 29.9 Å². The van der Waals surface area contributed by atoms with Crippen LogP contribution in [0.2, 0.25) is 5.02 Å². The number of fused-ring (bicyclic) bond motifs is 2. The number of carbonyl (C=O) groups is 1. The molecule has 2 bridgehead atoms. The van der Waals surface area contributed by atoms with Crippen molar-refractivity contribution in [3.63, 3.8) is 0 Å². The average Bonchev–Trinajstić information content (AvgIpc) is 3.21. The summed E-state index contributed by atoms with van der Waals surface area (Å²) in [7, 11) is -1.53. The standard InChI is InChI=1S/C35H48ClN3O5S/c1-4-7-24-18-27(36)11-13-28(24)26-20-39-19-25-10-12-29(25)30(35-42-16-6-17-43-35)9-5-8-22(2)23(3)45(41)38-34(40)31-14-15-32(44-21-26)33(39)37-31/h11,13-15,18,22-23,25-26,29-30,35H,4-10,12,16-17,19-21H2,1-3H3,(H,38,40). The highest BCUT2D eigenvalue weighted by atomic mass is 35.5. The van der Waals surface area contributed by atoms with E-state index in [9.17, 15) is 9.00 Å². The van der Waals surface area contributed by atoms with Crippen LogP contribution in [0.3, 0.4) is 0 Å². The number of halogens is 1. The maximum Gasteiger partial charge on any atom is 0.281 e. The van der Waals surface area contributed by atoms with E-state index in [0.29, 0.717) is 42.5 Å². The highest BCUT2D eigenvalue weighted by Gasteiger charge is 2.43. The zero-order valence-corrected chi connectivity index (χ0v) is 28.4. The second kappa shape index (κ2) is 14.7. The van der Waals surface area contributed by atoms with Crippen molar-refractivity contribution < 1.29 is 23.2 Å². The van der Waals surface area contributed by atoms with Gasteiger partial charge in [0.25, 0.3) is 5.91 Å². The molecule has 7 atom stereocenters. The van der Waals surface area contributed by atoms with E-state index in [4.69, 9.17) is 30.8 Å². The molecule has 0 radical (unpaired) electrons. The first kappa shape index (κ1) is 32.7. The zero-order valence-electron chi connectivity index (χ0n) is 26.8. The van der Waals surface area contributed by atoms with E-state index in [-0.39, 0.29) is 29.1 Å². The van der Waals surface area contributed by atoms with Gasteiger partial charge in [-0.3, -0.25) is 9.52 Å². The van der Waals surface area contributed by atoms with Crippen LogP contribution in [-0.4, -0.2) is 59.6 Å². The highest BCUT2D eigenvalue weighted by molar-refractivity contribution is 7.84. The number of aryl methyl sites for hydroxylation is 1. The highest BCUT2D eigenvalue weighted by Crippen LogP contribution is 2.46. The largest absolute Gasteiger partial charge is 0.489 e. The van der Waals surface area contributed by atoms with E-state index in [1.807, 2.05) is 19.1 Å². The summed E-state index contributed by atoms with van der Waals surface area (Å²) >= 11 is 6.44. The van der Waals surface area contributed by atoms with E-state index in [1.165, 1.54) is 11.1 Å². The van der Waals surface area contributed by atoms with Crippen LogP contribution in [0.1, 0.15) is 93.3 Å². The van der Waals surface area contributed by atoms with Crippen molar-refractivity contribution in [2.24, 2.45) is 23.7 Å². The Morgan fingerprint density at radius 2 is 1.84 bits per heavy atom. The van der Waals surface area contributed by atoms with Crippen LogP contribution in [-0.2, 0) is 26.9 Å². The van der Waals surface area contributed by atoms with Crippen molar-refractivity contribution >= 4 is 34.3 Å². The Bertz CT molecular complexity index is 1370. The average molecular weight is 658 g/mol. The SMILES string of the molecule is CCCc1cc(Cl)ccc1C1COc2ccc3nc2N(C1)CC1CCC1C(C1OCCCO1)CCCC(C)C(C)S(=O)NC3=O. The number of anilines is 1. The fraction of sp³-hybridized carbons (Fsp3) is 0.657. The van der Waals surface area contributed by atoms with Crippen molar-refractivity contribution in [1.29, 1.82) is 0 Å². The topological polar surface area (TPSA) is 90.0 Å². The second-order valence-electron chi connectivity index (χ2n) is 13.5. The molecule has 1 saturated heterocycles.